The third-order valence-electron chi connectivity index (χ3n) is 4.75. The minimum absolute atomic E-state index is 0.288. The van der Waals surface area contributed by atoms with E-state index in [1.165, 1.54) is 12.1 Å². The monoisotopic (exact) mass is 348 g/mol. The van der Waals surface area contributed by atoms with Crippen molar-refractivity contribution in [3.63, 3.8) is 0 Å². The lowest BCUT2D eigenvalue weighted by atomic mass is 10.0. The molecule has 1 fully saturated rings. The van der Waals surface area contributed by atoms with Crippen LogP contribution in [0.4, 0.5) is 4.39 Å². The molecule has 2 unspecified atom stereocenters. The fraction of sp³-hybridized carbons (Fsp3) is 0.556. The van der Waals surface area contributed by atoms with Crippen LogP contribution in [0.3, 0.4) is 0 Å². The summed E-state index contributed by atoms with van der Waals surface area (Å²) in [7, 11) is 2.03. The van der Waals surface area contributed by atoms with Gasteiger partial charge in [0, 0.05) is 26.1 Å². The molecule has 1 aliphatic rings. The van der Waals surface area contributed by atoms with E-state index in [1.807, 2.05) is 7.05 Å². The van der Waals surface area contributed by atoms with Gasteiger partial charge in [-0.05, 0) is 44.1 Å². The average Bonchev–Trinajstić information content (AvgIpc) is 3.00. The lowest BCUT2D eigenvalue weighted by molar-refractivity contribution is 0.0638. The highest BCUT2D eigenvalue weighted by Crippen LogP contribution is 2.20. The van der Waals surface area contributed by atoms with Gasteiger partial charge in [0.1, 0.15) is 5.82 Å². The molecule has 1 aliphatic heterocycles. The Labute approximate surface area is 147 Å². The van der Waals surface area contributed by atoms with E-state index in [2.05, 4.69) is 19.9 Å². The van der Waals surface area contributed by atoms with Crippen LogP contribution in [0.5, 0.6) is 0 Å². The number of aliphatic hydroxyl groups excluding tert-OH is 1. The number of aliphatic hydroxyl groups is 1. The highest BCUT2D eigenvalue weighted by molar-refractivity contribution is 5.18. The lowest BCUT2D eigenvalue weighted by Gasteiger charge is -2.38. The summed E-state index contributed by atoms with van der Waals surface area (Å²) in [6.45, 7) is 4.91. The lowest BCUT2D eigenvalue weighted by Crippen LogP contribution is -2.47. The summed E-state index contributed by atoms with van der Waals surface area (Å²) >= 11 is 0. The molecule has 1 N–H and O–H groups in total. The van der Waals surface area contributed by atoms with Gasteiger partial charge < -0.3 is 9.63 Å². The largest absolute Gasteiger partial charge is 0.387 e. The molecule has 0 amide bonds. The summed E-state index contributed by atoms with van der Waals surface area (Å²) in [5.41, 5.74) is 0.739. The third kappa shape index (κ3) is 4.84. The van der Waals surface area contributed by atoms with Crippen LogP contribution in [-0.4, -0.2) is 57.8 Å². The number of halogens is 1. The first-order valence-electron chi connectivity index (χ1n) is 8.66. The van der Waals surface area contributed by atoms with Crippen molar-refractivity contribution in [2.24, 2.45) is 0 Å². The molecule has 0 bridgehead atoms. The molecule has 7 heteroatoms. The first kappa shape index (κ1) is 18.0. The maximum absolute atomic E-state index is 13.0. The summed E-state index contributed by atoms with van der Waals surface area (Å²) in [5.74, 6) is 1.01. The zero-order valence-electron chi connectivity index (χ0n) is 14.7. The molecule has 6 nitrogen and oxygen atoms in total. The van der Waals surface area contributed by atoms with E-state index in [4.69, 9.17) is 4.52 Å². The molecule has 0 aliphatic carbocycles. The van der Waals surface area contributed by atoms with E-state index in [-0.39, 0.29) is 5.82 Å². The van der Waals surface area contributed by atoms with Crippen LogP contribution >= 0.6 is 0 Å². The van der Waals surface area contributed by atoms with Gasteiger partial charge in [0.2, 0.25) is 5.89 Å². The first-order chi connectivity index (χ1) is 12.0. The number of aryl methyl sites for hydroxylation is 1. The Morgan fingerprint density at radius 3 is 2.84 bits per heavy atom. The minimum atomic E-state index is -0.624. The van der Waals surface area contributed by atoms with Crippen LogP contribution in [0.25, 0.3) is 0 Å². The second-order valence-electron chi connectivity index (χ2n) is 6.77. The first-order valence-corrected chi connectivity index (χ1v) is 8.66. The van der Waals surface area contributed by atoms with Gasteiger partial charge in [0.15, 0.2) is 5.82 Å². The molecule has 136 valence electrons. The van der Waals surface area contributed by atoms with E-state index in [1.54, 1.807) is 19.1 Å². The number of piperidine rings is 1. The van der Waals surface area contributed by atoms with Crippen LogP contribution in [0.2, 0.25) is 0 Å². The molecule has 2 aromatic rings. The maximum Gasteiger partial charge on any atom is 0.223 e. The van der Waals surface area contributed by atoms with E-state index in [0.29, 0.717) is 30.8 Å². The number of rotatable bonds is 6. The van der Waals surface area contributed by atoms with Crippen molar-refractivity contribution in [3.05, 3.63) is 47.4 Å². The van der Waals surface area contributed by atoms with E-state index >= 15 is 0 Å². The van der Waals surface area contributed by atoms with Gasteiger partial charge in [-0.25, -0.2) is 4.39 Å². The minimum Gasteiger partial charge on any atom is -0.387 e. The summed E-state index contributed by atoms with van der Waals surface area (Å²) in [6.07, 6.45) is 1.56. The van der Waals surface area contributed by atoms with E-state index in [0.717, 1.165) is 31.5 Å². The smallest absolute Gasteiger partial charge is 0.223 e. The van der Waals surface area contributed by atoms with E-state index in [9.17, 15) is 9.50 Å². The molecular weight excluding hydrogens is 323 g/mol. The molecule has 25 heavy (non-hydrogen) atoms. The molecule has 1 aromatic carbocycles. The van der Waals surface area contributed by atoms with Crippen LogP contribution in [0.1, 0.15) is 36.2 Å². The number of likely N-dealkylation sites (tertiary alicyclic amines) is 1. The standard InChI is InChI=1S/C18H25FN4O2/c1-13-20-18(21-25-13)12-23-9-3-4-16(10-23)22(2)11-17(24)14-5-7-15(19)8-6-14/h5-8,16-17,24H,3-4,9-12H2,1-2H3. The van der Waals surface area contributed by atoms with Crippen molar-refractivity contribution in [3.8, 4) is 0 Å². The number of aromatic nitrogens is 2. The number of likely N-dealkylation sites (N-methyl/N-ethyl adjacent to an activating group) is 1. The van der Waals surface area contributed by atoms with E-state index < -0.39 is 6.10 Å². The van der Waals surface area contributed by atoms with Crippen LogP contribution in [0, 0.1) is 12.7 Å². The molecule has 0 radical (unpaired) electrons. The molecule has 1 saturated heterocycles. The van der Waals surface area contributed by atoms with Gasteiger partial charge in [-0.15, -0.1) is 0 Å². The Kier molecular flexibility index (Phi) is 5.78. The van der Waals surface area contributed by atoms with Gasteiger partial charge in [-0.3, -0.25) is 9.80 Å². The van der Waals surface area contributed by atoms with Gasteiger partial charge >= 0.3 is 0 Å². The predicted octanol–water partition coefficient (Wildman–Crippen LogP) is 2.15. The number of benzene rings is 1. The predicted molar refractivity (Wildman–Crippen MR) is 91.3 cm³/mol. The third-order valence-corrected chi connectivity index (χ3v) is 4.75. The molecule has 1 aromatic heterocycles. The van der Waals surface area contributed by atoms with Gasteiger partial charge in [0.05, 0.1) is 12.6 Å². The molecule has 0 spiro atoms. The van der Waals surface area contributed by atoms with Crippen molar-refractivity contribution < 1.29 is 14.0 Å². The van der Waals surface area contributed by atoms with Gasteiger partial charge in [-0.2, -0.15) is 4.98 Å². The molecule has 3 rings (SSSR count). The van der Waals surface area contributed by atoms with Gasteiger partial charge in [0.25, 0.3) is 0 Å². The number of hydrogen-bond acceptors (Lipinski definition) is 6. The van der Waals surface area contributed by atoms with Crippen molar-refractivity contribution >= 4 is 0 Å². The molecular formula is C18H25FN4O2. The second kappa shape index (κ2) is 8.03. The number of hydrogen-bond donors (Lipinski definition) is 1. The van der Waals surface area contributed by atoms with Crippen molar-refractivity contribution in [2.45, 2.75) is 38.5 Å². The van der Waals surface area contributed by atoms with Crippen molar-refractivity contribution in [1.82, 2.24) is 19.9 Å². The fourth-order valence-electron chi connectivity index (χ4n) is 3.35. The summed E-state index contributed by atoms with van der Waals surface area (Å²) in [4.78, 5) is 8.77. The zero-order valence-corrected chi connectivity index (χ0v) is 14.7. The summed E-state index contributed by atoms with van der Waals surface area (Å²) < 4.78 is 18.0. The highest BCUT2D eigenvalue weighted by atomic mass is 19.1. The maximum atomic E-state index is 13.0. The van der Waals surface area contributed by atoms with Crippen LogP contribution in [-0.2, 0) is 6.54 Å². The van der Waals surface area contributed by atoms with Crippen LogP contribution < -0.4 is 0 Å². The summed E-state index contributed by atoms with van der Waals surface area (Å²) in [5, 5.41) is 14.4. The van der Waals surface area contributed by atoms with Gasteiger partial charge in [-0.1, -0.05) is 17.3 Å². The second-order valence-corrected chi connectivity index (χ2v) is 6.77. The highest BCUT2D eigenvalue weighted by Gasteiger charge is 2.25. The topological polar surface area (TPSA) is 65.6 Å². The Balaban J connectivity index is 1.54. The Morgan fingerprint density at radius 2 is 2.16 bits per heavy atom. The normalized spacial score (nSPS) is 20.1. The quantitative estimate of drug-likeness (QED) is 0.863. The van der Waals surface area contributed by atoms with Crippen molar-refractivity contribution in [2.75, 3.05) is 26.7 Å². The number of nitrogens with zero attached hydrogens (tertiary/aromatic N) is 4. The van der Waals surface area contributed by atoms with Crippen LogP contribution in [0.15, 0.2) is 28.8 Å². The Morgan fingerprint density at radius 1 is 1.40 bits per heavy atom. The SMILES string of the molecule is Cc1nc(CN2CCCC(N(C)CC(O)c3ccc(F)cc3)C2)no1. The summed E-state index contributed by atoms with van der Waals surface area (Å²) in [6, 6.07) is 6.40. The Hall–Kier alpha value is -1.83. The van der Waals surface area contributed by atoms with Crippen molar-refractivity contribution in [1.29, 1.82) is 0 Å². The molecule has 2 atom stereocenters. The zero-order chi connectivity index (χ0) is 17.8. The molecule has 0 saturated carbocycles. The molecule has 2 heterocycles. The average molecular weight is 348 g/mol. The Bertz CT molecular complexity index is 676. The fourth-order valence-corrected chi connectivity index (χ4v) is 3.35.